The van der Waals surface area contributed by atoms with Crippen LogP contribution >= 0.6 is 11.3 Å². The van der Waals surface area contributed by atoms with Crippen molar-refractivity contribution in [1.82, 2.24) is 15.0 Å². The van der Waals surface area contributed by atoms with Gasteiger partial charge in [0.1, 0.15) is 5.69 Å². The molecule has 0 unspecified atom stereocenters. The van der Waals surface area contributed by atoms with Gasteiger partial charge in [-0.3, -0.25) is 4.79 Å². The zero-order valence-electron chi connectivity index (χ0n) is 6.97. The fourth-order valence-corrected chi connectivity index (χ4v) is 1.96. The molecule has 2 aromatic rings. The Kier molecular flexibility index (Phi) is 1.94. The molecule has 0 aliphatic rings. The van der Waals surface area contributed by atoms with E-state index < -0.39 is 0 Å². The number of hydrogen-bond acceptors (Lipinski definition) is 4. The molecule has 0 amide bonds. The first kappa shape index (κ1) is 8.12. The zero-order chi connectivity index (χ0) is 9.26. The van der Waals surface area contributed by atoms with Crippen LogP contribution in [0.4, 0.5) is 0 Å². The molecule has 0 aromatic carbocycles. The van der Waals surface area contributed by atoms with E-state index in [9.17, 15) is 4.79 Å². The second kappa shape index (κ2) is 3.10. The number of rotatable bonds is 2. The van der Waals surface area contributed by atoms with Crippen molar-refractivity contribution in [2.24, 2.45) is 7.05 Å². The van der Waals surface area contributed by atoms with Gasteiger partial charge in [0.2, 0.25) is 0 Å². The van der Waals surface area contributed by atoms with Crippen molar-refractivity contribution in [3.63, 3.8) is 0 Å². The van der Waals surface area contributed by atoms with E-state index in [1.54, 1.807) is 23.1 Å². The lowest BCUT2D eigenvalue weighted by Gasteiger charge is -1.95. The van der Waals surface area contributed by atoms with Crippen LogP contribution in [0.3, 0.4) is 0 Å². The Balaban J connectivity index is 2.62. The Morgan fingerprint density at radius 3 is 3.08 bits per heavy atom. The van der Waals surface area contributed by atoms with Crippen molar-refractivity contribution in [1.29, 1.82) is 0 Å². The number of thiophene rings is 1. The maximum atomic E-state index is 10.6. The second-order valence-electron chi connectivity index (χ2n) is 2.54. The first-order valence-corrected chi connectivity index (χ1v) is 4.59. The average Bonchev–Trinajstić information content (AvgIpc) is 2.72. The highest BCUT2D eigenvalue weighted by molar-refractivity contribution is 7.13. The van der Waals surface area contributed by atoms with E-state index in [2.05, 4.69) is 10.3 Å². The van der Waals surface area contributed by atoms with Gasteiger partial charge >= 0.3 is 0 Å². The molecule has 0 fully saturated rings. The summed E-state index contributed by atoms with van der Waals surface area (Å²) in [5.41, 5.74) is 1.18. The van der Waals surface area contributed by atoms with Crippen molar-refractivity contribution in [2.45, 2.75) is 0 Å². The lowest BCUT2D eigenvalue weighted by atomic mass is 10.3. The van der Waals surface area contributed by atoms with Gasteiger partial charge in [0.15, 0.2) is 12.0 Å². The molecule has 66 valence electrons. The molecule has 4 nitrogen and oxygen atoms in total. The molecule has 2 aromatic heterocycles. The summed E-state index contributed by atoms with van der Waals surface area (Å²) < 4.78 is 1.61. The van der Waals surface area contributed by atoms with E-state index in [0.29, 0.717) is 5.69 Å². The number of aromatic nitrogens is 3. The van der Waals surface area contributed by atoms with Crippen LogP contribution in [0.1, 0.15) is 10.5 Å². The van der Waals surface area contributed by atoms with E-state index in [4.69, 9.17) is 0 Å². The van der Waals surface area contributed by atoms with Crippen LogP contribution in [0.15, 0.2) is 17.5 Å². The lowest BCUT2D eigenvalue weighted by Crippen LogP contribution is -1.93. The summed E-state index contributed by atoms with van der Waals surface area (Å²) in [5, 5.41) is 9.48. The normalized spacial score (nSPS) is 10.2. The van der Waals surface area contributed by atoms with Gasteiger partial charge in [-0.25, -0.2) is 4.68 Å². The van der Waals surface area contributed by atoms with E-state index in [1.807, 2.05) is 17.5 Å². The third-order valence-corrected chi connectivity index (χ3v) is 2.60. The second-order valence-corrected chi connectivity index (χ2v) is 3.49. The van der Waals surface area contributed by atoms with Crippen LogP contribution in [0.25, 0.3) is 10.6 Å². The van der Waals surface area contributed by atoms with Crippen LogP contribution in [-0.4, -0.2) is 21.3 Å². The molecule has 0 spiro atoms. The molecule has 0 N–H and O–H groups in total. The quantitative estimate of drug-likeness (QED) is 0.676. The van der Waals surface area contributed by atoms with Gasteiger partial charge < -0.3 is 0 Å². The molecule has 0 saturated heterocycles. The first-order valence-electron chi connectivity index (χ1n) is 3.71. The summed E-state index contributed by atoms with van der Waals surface area (Å²) in [4.78, 5) is 11.6. The average molecular weight is 193 g/mol. The monoisotopic (exact) mass is 193 g/mol. The molecule has 0 aliphatic heterocycles. The van der Waals surface area contributed by atoms with Crippen LogP contribution < -0.4 is 0 Å². The fourth-order valence-electron chi connectivity index (χ4n) is 1.15. The van der Waals surface area contributed by atoms with Gasteiger partial charge in [-0.2, -0.15) is 0 Å². The van der Waals surface area contributed by atoms with E-state index in [1.165, 1.54) is 0 Å². The topological polar surface area (TPSA) is 47.8 Å². The summed E-state index contributed by atoms with van der Waals surface area (Å²) in [6.07, 6.45) is 0.724. The van der Waals surface area contributed by atoms with Crippen molar-refractivity contribution >= 4 is 17.6 Å². The first-order chi connectivity index (χ1) is 6.33. The van der Waals surface area contributed by atoms with Crippen LogP contribution in [-0.2, 0) is 7.05 Å². The summed E-state index contributed by atoms with van der Waals surface area (Å²) in [5.74, 6) is 0. The maximum Gasteiger partial charge on any atom is 0.172 e. The molecule has 5 heteroatoms. The summed E-state index contributed by atoms with van der Waals surface area (Å²) >= 11 is 1.56. The smallest absolute Gasteiger partial charge is 0.172 e. The van der Waals surface area contributed by atoms with Gasteiger partial charge in [-0.15, -0.1) is 16.4 Å². The predicted octanol–water partition coefficient (Wildman–Crippen LogP) is 1.36. The van der Waals surface area contributed by atoms with Gasteiger partial charge in [0.25, 0.3) is 0 Å². The highest BCUT2D eigenvalue weighted by atomic mass is 32.1. The molecular weight excluding hydrogens is 186 g/mol. The van der Waals surface area contributed by atoms with Crippen molar-refractivity contribution < 1.29 is 4.79 Å². The highest BCUT2D eigenvalue weighted by Crippen LogP contribution is 2.25. The maximum absolute atomic E-state index is 10.6. The Labute approximate surface area is 78.8 Å². The molecule has 0 aliphatic carbocycles. The molecule has 0 atom stereocenters. The van der Waals surface area contributed by atoms with Gasteiger partial charge in [-0.1, -0.05) is 11.3 Å². The largest absolute Gasteiger partial charge is 0.296 e. The molecule has 2 heterocycles. The van der Waals surface area contributed by atoms with Crippen LogP contribution in [0, 0.1) is 0 Å². The third-order valence-electron chi connectivity index (χ3n) is 1.72. The number of aldehydes is 1. The fraction of sp³-hybridized carbons (Fsp3) is 0.125. The van der Waals surface area contributed by atoms with E-state index >= 15 is 0 Å². The molecule has 2 rings (SSSR count). The van der Waals surface area contributed by atoms with E-state index in [-0.39, 0.29) is 0 Å². The molecule has 0 saturated carbocycles. The number of carbonyl (C=O) groups excluding carboxylic acids is 1. The Bertz CT molecular complexity index is 419. The zero-order valence-corrected chi connectivity index (χ0v) is 7.78. The number of nitrogens with zero attached hydrogens (tertiary/aromatic N) is 3. The molecule has 0 bridgehead atoms. The minimum Gasteiger partial charge on any atom is -0.296 e. The van der Waals surface area contributed by atoms with Gasteiger partial charge in [0, 0.05) is 7.05 Å². The lowest BCUT2D eigenvalue weighted by molar-refractivity contribution is 0.111. The van der Waals surface area contributed by atoms with Crippen LogP contribution in [0.2, 0.25) is 0 Å². The Hall–Kier alpha value is -1.49. The highest BCUT2D eigenvalue weighted by Gasteiger charge is 2.12. The van der Waals surface area contributed by atoms with Gasteiger partial charge in [0.05, 0.1) is 4.88 Å². The minimum absolute atomic E-state index is 0.393. The number of aryl methyl sites for hydroxylation is 1. The summed E-state index contributed by atoms with van der Waals surface area (Å²) in [6, 6.07) is 3.87. The summed E-state index contributed by atoms with van der Waals surface area (Å²) in [7, 11) is 1.77. The van der Waals surface area contributed by atoms with Crippen molar-refractivity contribution in [2.75, 3.05) is 0 Å². The van der Waals surface area contributed by atoms with E-state index in [0.717, 1.165) is 16.9 Å². The van der Waals surface area contributed by atoms with Gasteiger partial charge in [-0.05, 0) is 11.4 Å². The predicted molar refractivity (Wildman–Crippen MR) is 49.7 cm³/mol. The Morgan fingerprint density at radius 2 is 2.46 bits per heavy atom. The minimum atomic E-state index is 0.393. The molecule has 13 heavy (non-hydrogen) atoms. The Morgan fingerprint density at radius 1 is 1.62 bits per heavy atom. The molecule has 0 radical (unpaired) electrons. The SMILES string of the molecule is Cn1nnc(C=O)c1-c1cccs1. The van der Waals surface area contributed by atoms with Crippen molar-refractivity contribution in [3.05, 3.63) is 23.2 Å². The molecular formula is C8H7N3OS. The van der Waals surface area contributed by atoms with Crippen molar-refractivity contribution in [3.8, 4) is 10.6 Å². The number of carbonyl (C=O) groups is 1. The standard InChI is InChI=1S/C8H7N3OS/c1-11-8(6(5-12)9-10-11)7-3-2-4-13-7/h2-5H,1H3. The number of hydrogen-bond donors (Lipinski definition) is 0. The van der Waals surface area contributed by atoms with Crippen LogP contribution in [0.5, 0.6) is 0 Å². The summed E-state index contributed by atoms with van der Waals surface area (Å²) in [6.45, 7) is 0. The third kappa shape index (κ3) is 1.27.